The second-order valence-corrected chi connectivity index (χ2v) is 5.82. The van der Waals surface area contributed by atoms with Gasteiger partial charge in [-0.15, -0.1) is 0 Å². The minimum atomic E-state index is 0.198. The molecule has 0 saturated carbocycles. The summed E-state index contributed by atoms with van der Waals surface area (Å²) in [4.78, 5) is 12.2. The summed E-state index contributed by atoms with van der Waals surface area (Å²) in [5, 5.41) is 6.60. The zero-order valence-corrected chi connectivity index (χ0v) is 11.6. The lowest BCUT2D eigenvalue weighted by molar-refractivity contribution is -0.127. The summed E-state index contributed by atoms with van der Waals surface area (Å²) in [6, 6.07) is 0.750. The van der Waals surface area contributed by atoms with Crippen LogP contribution in [0.5, 0.6) is 0 Å². The van der Waals surface area contributed by atoms with Gasteiger partial charge in [-0.3, -0.25) is 4.79 Å². The van der Waals surface area contributed by atoms with Crippen LogP contribution in [0.3, 0.4) is 0 Å². The number of hydrogen-bond acceptors (Lipinski definition) is 3. The lowest BCUT2D eigenvalue weighted by Crippen LogP contribution is -2.47. The summed E-state index contributed by atoms with van der Waals surface area (Å²) in [6.45, 7) is 6.94. The van der Waals surface area contributed by atoms with E-state index in [9.17, 15) is 4.79 Å². The van der Waals surface area contributed by atoms with Gasteiger partial charge in [-0.1, -0.05) is 0 Å². The number of hydrogen-bond donors (Lipinski definition) is 2. The van der Waals surface area contributed by atoms with Gasteiger partial charge in [-0.25, -0.2) is 0 Å². The first-order valence-corrected chi connectivity index (χ1v) is 7.28. The fourth-order valence-corrected chi connectivity index (χ4v) is 3.05. The van der Waals surface area contributed by atoms with Crippen LogP contribution in [0.4, 0.5) is 0 Å². The normalized spacial score (nSPS) is 31.9. The summed E-state index contributed by atoms with van der Waals surface area (Å²) < 4.78 is 5.36. The maximum atomic E-state index is 12.2. The van der Waals surface area contributed by atoms with E-state index >= 15 is 0 Å². The molecule has 4 heteroatoms. The van der Waals surface area contributed by atoms with Gasteiger partial charge >= 0.3 is 0 Å². The van der Waals surface area contributed by atoms with Gasteiger partial charge in [-0.05, 0) is 52.0 Å². The van der Waals surface area contributed by atoms with E-state index in [0.717, 1.165) is 45.4 Å². The minimum absolute atomic E-state index is 0.198. The molecule has 2 saturated heterocycles. The first kappa shape index (κ1) is 13.8. The van der Waals surface area contributed by atoms with Crippen LogP contribution in [0.25, 0.3) is 0 Å². The predicted octanol–water partition coefficient (Wildman–Crippen LogP) is 1.31. The molecule has 2 aliphatic heterocycles. The van der Waals surface area contributed by atoms with Crippen LogP contribution >= 0.6 is 0 Å². The first-order valence-electron chi connectivity index (χ1n) is 7.28. The fourth-order valence-electron chi connectivity index (χ4n) is 3.05. The second kappa shape index (κ2) is 6.53. The third-order valence-electron chi connectivity index (χ3n) is 4.34. The van der Waals surface area contributed by atoms with Crippen molar-refractivity contribution in [1.82, 2.24) is 10.6 Å². The maximum absolute atomic E-state index is 12.2. The highest BCUT2D eigenvalue weighted by Gasteiger charge is 2.28. The Morgan fingerprint density at radius 2 is 2.06 bits per heavy atom. The Morgan fingerprint density at radius 3 is 2.72 bits per heavy atom. The van der Waals surface area contributed by atoms with Crippen LogP contribution < -0.4 is 10.6 Å². The van der Waals surface area contributed by atoms with Crippen molar-refractivity contribution in [3.8, 4) is 0 Å². The predicted molar refractivity (Wildman–Crippen MR) is 71.3 cm³/mol. The van der Waals surface area contributed by atoms with E-state index in [-0.39, 0.29) is 17.9 Å². The number of carbonyl (C=O) groups is 1. The van der Waals surface area contributed by atoms with Crippen LogP contribution in [0.2, 0.25) is 0 Å². The molecule has 0 aromatic heterocycles. The average Bonchev–Trinajstić information content (AvgIpc) is 2.39. The number of ether oxygens (including phenoxy) is 1. The molecule has 0 bridgehead atoms. The highest BCUT2D eigenvalue weighted by molar-refractivity contribution is 5.79. The van der Waals surface area contributed by atoms with Gasteiger partial charge in [0.25, 0.3) is 0 Å². The third-order valence-corrected chi connectivity index (χ3v) is 4.34. The Hall–Kier alpha value is -0.610. The Morgan fingerprint density at radius 1 is 1.33 bits per heavy atom. The van der Waals surface area contributed by atoms with Crippen molar-refractivity contribution in [2.24, 2.45) is 11.8 Å². The molecule has 3 unspecified atom stereocenters. The molecule has 0 spiro atoms. The van der Waals surface area contributed by atoms with E-state index in [1.165, 1.54) is 0 Å². The van der Waals surface area contributed by atoms with E-state index in [1.807, 2.05) is 0 Å². The molecule has 2 aliphatic rings. The van der Waals surface area contributed by atoms with Crippen molar-refractivity contribution in [2.75, 3.05) is 19.8 Å². The quantitative estimate of drug-likeness (QED) is 0.798. The fraction of sp³-hybridized carbons (Fsp3) is 0.929. The molecule has 2 N–H and O–H groups in total. The second-order valence-electron chi connectivity index (χ2n) is 5.82. The summed E-state index contributed by atoms with van der Waals surface area (Å²) in [5.41, 5.74) is 0. The summed E-state index contributed by atoms with van der Waals surface area (Å²) in [7, 11) is 0. The van der Waals surface area contributed by atoms with Gasteiger partial charge in [0.05, 0.1) is 0 Å². The average molecular weight is 254 g/mol. The Kier molecular flexibility index (Phi) is 5.01. The van der Waals surface area contributed by atoms with E-state index in [1.54, 1.807) is 0 Å². The number of amides is 1. The zero-order valence-electron chi connectivity index (χ0n) is 11.6. The van der Waals surface area contributed by atoms with Gasteiger partial charge in [-0.2, -0.15) is 0 Å². The molecule has 3 atom stereocenters. The maximum Gasteiger partial charge on any atom is 0.223 e. The van der Waals surface area contributed by atoms with Crippen molar-refractivity contribution >= 4 is 5.91 Å². The number of nitrogens with one attached hydrogen (secondary N) is 2. The standard InChI is InChI=1S/C14H26N2O2/c1-10-9-13(3-6-15-10)14(17)16-11(2)12-4-7-18-8-5-12/h10-13,15H,3-9H2,1-2H3,(H,16,17). The number of rotatable bonds is 3. The molecular weight excluding hydrogens is 228 g/mol. The molecule has 1 amide bonds. The van der Waals surface area contributed by atoms with Gasteiger partial charge < -0.3 is 15.4 Å². The smallest absolute Gasteiger partial charge is 0.223 e. The van der Waals surface area contributed by atoms with Gasteiger partial charge in [0.2, 0.25) is 5.91 Å². The molecule has 0 aromatic rings. The largest absolute Gasteiger partial charge is 0.381 e. The van der Waals surface area contributed by atoms with E-state index in [0.29, 0.717) is 12.0 Å². The van der Waals surface area contributed by atoms with Crippen molar-refractivity contribution in [3.05, 3.63) is 0 Å². The molecule has 18 heavy (non-hydrogen) atoms. The topological polar surface area (TPSA) is 50.4 Å². The Balaban J connectivity index is 1.78. The molecule has 0 aromatic carbocycles. The molecule has 0 radical (unpaired) electrons. The van der Waals surface area contributed by atoms with Gasteiger partial charge in [0.15, 0.2) is 0 Å². The van der Waals surface area contributed by atoms with E-state index in [4.69, 9.17) is 4.74 Å². The molecular formula is C14H26N2O2. The molecule has 0 aliphatic carbocycles. The highest BCUT2D eigenvalue weighted by Crippen LogP contribution is 2.21. The Labute approximate surface area is 110 Å². The van der Waals surface area contributed by atoms with Crippen LogP contribution in [0, 0.1) is 11.8 Å². The van der Waals surface area contributed by atoms with Crippen LogP contribution in [-0.4, -0.2) is 37.7 Å². The summed E-state index contributed by atoms with van der Waals surface area (Å²) >= 11 is 0. The lowest BCUT2D eigenvalue weighted by Gasteiger charge is -2.32. The van der Waals surface area contributed by atoms with Crippen LogP contribution in [0.1, 0.15) is 39.5 Å². The van der Waals surface area contributed by atoms with Gasteiger partial charge in [0, 0.05) is 31.2 Å². The zero-order chi connectivity index (χ0) is 13.0. The van der Waals surface area contributed by atoms with Crippen molar-refractivity contribution in [1.29, 1.82) is 0 Å². The molecule has 2 rings (SSSR count). The van der Waals surface area contributed by atoms with E-state index in [2.05, 4.69) is 24.5 Å². The lowest BCUT2D eigenvalue weighted by atomic mass is 9.90. The Bertz CT molecular complexity index is 277. The summed E-state index contributed by atoms with van der Waals surface area (Å²) in [6.07, 6.45) is 4.08. The van der Waals surface area contributed by atoms with Crippen molar-refractivity contribution < 1.29 is 9.53 Å². The van der Waals surface area contributed by atoms with Crippen molar-refractivity contribution in [2.45, 2.75) is 51.6 Å². The summed E-state index contributed by atoms with van der Waals surface area (Å²) in [5.74, 6) is 1.03. The minimum Gasteiger partial charge on any atom is -0.381 e. The van der Waals surface area contributed by atoms with Crippen LogP contribution in [0.15, 0.2) is 0 Å². The van der Waals surface area contributed by atoms with E-state index < -0.39 is 0 Å². The molecule has 104 valence electrons. The van der Waals surface area contributed by atoms with Gasteiger partial charge in [0.1, 0.15) is 0 Å². The highest BCUT2D eigenvalue weighted by atomic mass is 16.5. The van der Waals surface area contributed by atoms with Crippen molar-refractivity contribution in [3.63, 3.8) is 0 Å². The number of piperidine rings is 1. The molecule has 4 nitrogen and oxygen atoms in total. The third kappa shape index (κ3) is 3.69. The first-order chi connectivity index (χ1) is 8.66. The van der Waals surface area contributed by atoms with Crippen LogP contribution in [-0.2, 0) is 9.53 Å². The molecule has 2 fully saturated rings. The monoisotopic (exact) mass is 254 g/mol. The number of carbonyl (C=O) groups excluding carboxylic acids is 1. The molecule has 2 heterocycles. The SMILES string of the molecule is CC1CC(C(=O)NC(C)C2CCOCC2)CCN1.